The number of amides is 2. The fourth-order valence-electron chi connectivity index (χ4n) is 2.16. The van der Waals surface area contributed by atoms with E-state index < -0.39 is 27.5 Å². The van der Waals surface area contributed by atoms with Gasteiger partial charge in [-0.3, -0.25) is 9.59 Å². The van der Waals surface area contributed by atoms with Crippen molar-refractivity contribution in [3.8, 4) is 0 Å². The van der Waals surface area contributed by atoms with E-state index in [0.29, 0.717) is 12.8 Å². The first kappa shape index (κ1) is 21.1. The molecule has 0 saturated heterocycles. The number of carbonyl (C=O) groups is 2. The van der Waals surface area contributed by atoms with Crippen LogP contribution in [0.25, 0.3) is 0 Å². The lowest BCUT2D eigenvalue weighted by molar-refractivity contribution is -0.124. The number of nitrogens with two attached hydrogens (primary N) is 1. The highest BCUT2D eigenvalue weighted by molar-refractivity contribution is 7.89. The minimum atomic E-state index is -3.90. The zero-order valence-corrected chi connectivity index (χ0v) is 15.9. The van der Waals surface area contributed by atoms with Gasteiger partial charge < -0.3 is 11.1 Å². The minimum absolute atomic E-state index is 0.0254. The molecule has 1 atom stereocenters. The second-order valence-electron chi connectivity index (χ2n) is 6.94. The molecule has 8 heteroatoms. The van der Waals surface area contributed by atoms with Crippen molar-refractivity contribution < 1.29 is 18.0 Å². The Hall–Kier alpha value is -1.93. The Morgan fingerprint density at radius 2 is 1.72 bits per heavy atom. The molecule has 0 saturated carbocycles. The van der Waals surface area contributed by atoms with Gasteiger partial charge in [0.05, 0.1) is 4.90 Å². The van der Waals surface area contributed by atoms with Gasteiger partial charge >= 0.3 is 0 Å². The standard InChI is InChI=1S/C17H27N3O4S/c1-5-6-7-14(16(22)19-17(2,3)4)20-25(23,24)13-10-8-12(9-11-13)15(18)21/h8-11,14,20H,5-7H2,1-4H3,(H2,18,21)(H,19,22). The summed E-state index contributed by atoms with van der Waals surface area (Å²) in [7, 11) is -3.90. The normalized spacial score (nSPS) is 13.3. The van der Waals surface area contributed by atoms with Crippen LogP contribution in [0.1, 0.15) is 57.3 Å². The van der Waals surface area contributed by atoms with Crippen LogP contribution in [0.2, 0.25) is 0 Å². The number of sulfonamides is 1. The summed E-state index contributed by atoms with van der Waals surface area (Å²) in [5, 5.41) is 2.80. The number of unbranched alkanes of at least 4 members (excludes halogenated alkanes) is 1. The van der Waals surface area contributed by atoms with Gasteiger partial charge in [-0.05, 0) is 51.5 Å². The van der Waals surface area contributed by atoms with E-state index in [1.54, 1.807) is 0 Å². The number of hydrogen-bond acceptors (Lipinski definition) is 4. The van der Waals surface area contributed by atoms with Crippen LogP contribution in [-0.4, -0.2) is 31.8 Å². The first-order chi connectivity index (χ1) is 11.5. The molecule has 25 heavy (non-hydrogen) atoms. The van der Waals surface area contributed by atoms with Gasteiger partial charge in [-0.15, -0.1) is 0 Å². The van der Waals surface area contributed by atoms with E-state index in [-0.39, 0.29) is 16.4 Å². The largest absolute Gasteiger partial charge is 0.366 e. The minimum Gasteiger partial charge on any atom is -0.366 e. The van der Waals surface area contributed by atoms with Crippen LogP contribution in [0.15, 0.2) is 29.2 Å². The van der Waals surface area contributed by atoms with E-state index in [4.69, 9.17) is 5.73 Å². The number of carbonyl (C=O) groups excluding carboxylic acids is 2. The van der Waals surface area contributed by atoms with Gasteiger partial charge in [0, 0.05) is 11.1 Å². The molecule has 0 fully saturated rings. The van der Waals surface area contributed by atoms with Crippen molar-refractivity contribution in [3.63, 3.8) is 0 Å². The van der Waals surface area contributed by atoms with Crippen LogP contribution in [0.4, 0.5) is 0 Å². The molecule has 0 bridgehead atoms. The predicted octanol–water partition coefficient (Wildman–Crippen LogP) is 1.54. The lowest BCUT2D eigenvalue weighted by atomic mass is 10.1. The summed E-state index contributed by atoms with van der Waals surface area (Å²) in [6.45, 7) is 7.46. The summed E-state index contributed by atoms with van der Waals surface area (Å²) in [6, 6.07) is 4.41. The van der Waals surface area contributed by atoms with Crippen molar-refractivity contribution in [3.05, 3.63) is 29.8 Å². The van der Waals surface area contributed by atoms with Crippen LogP contribution in [0, 0.1) is 0 Å². The Kier molecular flexibility index (Phi) is 7.13. The van der Waals surface area contributed by atoms with Gasteiger partial charge in [-0.1, -0.05) is 19.8 Å². The molecule has 4 N–H and O–H groups in total. The number of rotatable bonds is 8. The van der Waals surface area contributed by atoms with E-state index in [1.807, 2.05) is 27.7 Å². The molecule has 1 rings (SSSR count). The summed E-state index contributed by atoms with van der Waals surface area (Å²) in [5.74, 6) is -0.999. The Balaban J connectivity index is 3.00. The van der Waals surface area contributed by atoms with Crippen molar-refractivity contribution in [2.75, 3.05) is 0 Å². The molecule has 1 unspecified atom stereocenters. The molecular weight excluding hydrogens is 342 g/mol. The van der Waals surface area contributed by atoms with Gasteiger partial charge in [-0.2, -0.15) is 4.72 Å². The first-order valence-electron chi connectivity index (χ1n) is 8.20. The topological polar surface area (TPSA) is 118 Å². The van der Waals surface area contributed by atoms with E-state index in [9.17, 15) is 18.0 Å². The fourth-order valence-corrected chi connectivity index (χ4v) is 3.39. The van der Waals surface area contributed by atoms with Crippen molar-refractivity contribution in [1.82, 2.24) is 10.0 Å². The molecule has 140 valence electrons. The summed E-state index contributed by atoms with van der Waals surface area (Å²) in [6.07, 6.45) is 1.96. The summed E-state index contributed by atoms with van der Waals surface area (Å²) >= 11 is 0. The molecule has 0 radical (unpaired) electrons. The highest BCUT2D eigenvalue weighted by atomic mass is 32.2. The Morgan fingerprint density at radius 3 is 2.16 bits per heavy atom. The van der Waals surface area contributed by atoms with Crippen molar-refractivity contribution in [1.29, 1.82) is 0 Å². The first-order valence-corrected chi connectivity index (χ1v) is 9.69. The Bertz CT molecular complexity index is 706. The summed E-state index contributed by atoms with van der Waals surface area (Å²) < 4.78 is 27.6. The SMILES string of the molecule is CCCCC(NS(=O)(=O)c1ccc(C(N)=O)cc1)C(=O)NC(C)(C)C. The van der Waals surface area contributed by atoms with Crippen LogP contribution >= 0.6 is 0 Å². The average Bonchev–Trinajstić information content (AvgIpc) is 2.49. The summed E-state index contributed by atoms with van der Waals surface area (Å²) in [4.78, 5) is 23.5. The molecule has 0 spiro atoms. The van der Waals surface area contributed by atoms with Gasteiger partial charge in [0.15, 0.2) is 0 Å². The van der Waals surface area contributed by atoms with Gasteiger partial charge in [0.2, 0.25) is 21.8 Å². The molecular formula is C17H27N3O4S. The maximum Gasteiger partial charge on any atom is 0.248 e. The molecule has 7 nitrogen and oxygen atoms in total. The van der Waals surface area contributed by atoms with Crippen molar-refractivity contribution >= 4 is 21.8 Å². The quantitative estimate of drug-likeness (QED) is 0.644. The van der Waals surface area contributed by atoms with Crippen molar-refractivity contribution in [2.24, 2.45) is 5.73 Å². The molecule has 0 aliphatic carbocycles. The average molecular weight is 369 g/mol. The van der Waals surface area contributed by atoms with E-state index in [0.717, 1.165) is 6.42 Å². The molecule has 1 aromatic rings. The number of primary amides is 1. The van der Waals surface area contributed by atoms with E-state index in [2.05, 4.69) is 10.0 Å². The zero-order valence-electron chi connectivity index (χ0n) is 15.1. The van der Waals surface area contributed by atoms with Gasteiger partial charge in [0.1, 0.15) is 6.04 Å². The van der Waals surface area contributed by atoms with Crippen LogP contribution in [0.5, 0.6) is 0 Å². The second-order valence-corrected chi connectivity index (χ2v) is 8.66. The van der Waals surface area contributed by atoms with Crippen LogP contribution in [-0.2, 0) is 14.8 Å². The maximum absolute atomic E-state index is 12.5. The third-order valence-corrected chi connectivity index (χ3v) is 4.90. The zero-order chi connectivity index (χ0) is 19.3. The summed E-state index contributed by atoms with van der Waals surface area (Å²) in [5.41, 5.74) is 4.90. The van der Waals surface area contributed by atoms with Gasteiger partial charge in [-0.25, -0.2) is 8.42 Å². The smallest absolute Gasteiger partial charge is 0.248 e. The molecule has 0 heterocycles. The molecule has 2 amide bonds. The third-order valence-electron chi connectivity index (χ3n) is 3.41. The molecule has 0 aliphatic rings. The van der Waals surface area contributed by atoms with E-state index >= 15 is 0 Å². The van der Waals surface area contributed by atoms with Gasteiger partial charge in [0.25, 0.3) is 0 Å². The molecule has 1 aromatic carbocycles. The fraction of sp³-hybridized carbons (Fsp3) is 0.529. The number of benzene rings is 1. The van der Waals surface area contributed by atoms with Crippen LogP contribution < -0.4 is 15.8 Å². The second kappa shape index (κ2) is 8.44. The highest BCUT2D eigenvalue weighted by Gasteiger charge is 2.27. The van der Waals surface area contributed by atoms with Crippen molar-refractivity contribution in [2.45, 2.75) is 63.4 Å². The van der Waals surface area contributed by atoms with Crippen LogP contribution in [0.3, 0.4) is 0 Å². The molecule has 0 aromatic heterocycles. The predicted molar refractivity (Wildman–Crippen MR) is 96.5 cm³/mol. The lowest BCUT2D eigenvalue weighted by Gasteiger charge is -2.25. The van der Waals surface area contributed by atoms with E-state index in [1.165, 1.54) is 24.3 Å². The lowest BCUT2D eigenvalue weighted by Crippen LogP contribution is -2.52. The Labute approximate surface area is 149 Å². The Morgan fingerprint density at radius 1 is 1.16 bits per heavy atom. The monoisotopic (exact) mass is 369 g/mol. The highest BCUT2D eigenvalue weighted by Crippen LogP contribution is 2.13. The maximum atomic E-state index is 12.5. The third kappa shape index (κ3) is 6.83. The number of nitrogens with one attached hydrogen (secondary N) is 2. The number of hydrogen-bond donors (Lipinski definition) is 3. The molecule has 0 aliphatic heterocycles.